The summed E-state index contributed by atoms with van der Waals surface area (Å²) in [7, 11) is 0. The van der Waals surface area contributed by atoms with Gasteiger partial charge in [-0.2, -0.15) is 0 Å². The van der Waals surface area contributed by atoms with E-state index in [9.17, 15) is 0 Å². The number of para-hydroxylation sites is 4. The lowest BCUT2D eigenvalue weighted by Crippen LogP contribution is -2.19. The van der Waals surface area contributed by atoms with Crippen molar-refractivity contribution in [1.82, 2.24) is 0 Å². The first kappa shape index (κ1) is 38.6. The van der Waals surface area contributed by atoms with Gasteiger partial charge in [-0.3, -0.25) is 0 Å². The molecule has 0 N–H and O–H groups in total. The fourth-order valence-electron chi connectivity index (χ4n) is 10.2. The highest BCUT2D eigenvalue weighted by atomic mass is 16.3. The lowest BCUT2D eigenvalue weighted by molar-refractivity contribution is 0.657. The molecule has 0 aliphatic carbocycles. The third kappa shape index (κ3) is 6.19. The molecule has 4 nitrogen and oxygen atoms in total. The average molecular weight is 819 g/mol. The molecule has 0 saturated heterocycles. The Labute approximate surface area is 368 Å². The molecule has 308 valence electrons. The van der Waals surface area contributed by atoms with Crippen LogP contribution in [-0.2, 0) is 6.54 Å². The highest BCUT2D eigenvalue weighted by molar-refractivity contribution is 6.19. The number of hydrogen-bond acceptors (Lipinski definition) is 4. The van der Waals surface area contributed by atoms with E-state index in [1.165, 1.54) is 60.1 Å². The molecule has 2 heterocycles. The molecule has 9 aromatic carbocycles. The molecule has 0 unspecified atom stereocenters. The van der Waals surface area contributed by atoms with Crippen LogP contribution in [0.1, 0.15) is 60.1 Å². The van der Waals surface area contributed by atoms with E-state index in [1.807, 2.05) is 6.07 Å². The molecule has 0 saturated carbocycles. The van der Waals surface area contributed by atoms with Gasteiger partial charge in [-0.05, 0) is 121 Å². The minimum absolute atomic E-state index is 0.328. The Balaban J connectivity index is 1.17. The second-order valence-corrected chi connectivity index (χ2v) is 17.7. The van der Waals surface area contributed by atoms with Crippen LogP contribution in [-0.4, -0.2) is 0 Å². The lowest BCUT2D eigenvalue weighted by atomic mass is 9.92. The molecule has 0 aliphatic heterocycles. The minimum atomic E-state index is 0.328. The van der Waals surface area contributed by atoms with Crippen LogP contribution < -0.4 is 15.0 Å². The number of benzene rings is 9. The van der Waals surface area contributed by atoms with Crippen molar-refractivity contribution >= 4 is 99.9 Å². The molecule has 0 spiro atoms. The predicted octanol–water partition coefficient (Wildman–Crippen LogP) is 16.5. The predicted molar refractivity (Wildman–Crippen MR) is 268 cm³/mol. The smallest absolute Gasteiger partial charge is 0.159 e. The van der Waals surface area contributed by atoms with Gasteiger partial charge in [0.2, 0.25) is 0 Å². The summed E-state index contributed by atoms with van der Waals surface area (Å²) < 4.78 is 13.7. The fourth-order valence-corrected chi connectivity index (χ4v) is 10.2. The number of hydrogen-bond donors (Lipinski definition) is 0. The molecule has 63 heavy (non-hydrogen) atoms. The van der Waals surface area contributed by atoms with Gasteiger partial charge in [-0.15, -0.1) is 0 Å². The summed E-state index contributed by atoms with van der Waals surface area (Å²) in [4.78, 5) is 4.90. The Morgan fingerprint density at radius 2 is 1.11 bits per heavy atom. The van der Waals surface area contributed by atoms with Crippen LogP contribution in [0, 0.1) is 27.7 Å². The number of nitrogens with zero attached hydrogens (tertiary/aromatic N) is 2. The van der Waals surface area contributed by atoms with E-state index in [0.29, 0.717) is 12.5 Å². The van der Waals surface area contributed by atoms with Crippen molar-refractivity contribution in [1.29, 1.82) is 0 Å². The van der Waals surface area contributed by atoms with Crippen LogP contribution in [0.15, 0.2) is 160 Å². The Bertz CT molecular complexity index is 3660. The van der Waals surface area contributed by atoms with Crippen LogP contribution >= 0.6 is 0 Å². The zero-order valence-electron chi connectivity index (χ0n) is 37.0. The van der Waals surface area contributed by atoms with E-state index in [-0.39, 0.29) is 0 Å². The van der Waals surface area contributed by atoms with Gasteiger partial charge in [0.15, 0.2) is 11.2 Å². The summed E-state index contributed by atoms with van der Waals surface area (Å²) in [6.07, 6.45) is 2.26. The topological polar surface area (TPSA) is 32.8 Å². The van der Waals surface area contributed by atoms with Gasteiger partial charge in [-0.25, -0.2) is 0 Å². The Kier molecular flexibility index (Phi) is 9.17. The van der Waals surface area contributed by atoms with Gasteiger partial charge in [-0.1, -0.05) is 146 Å². The summed E-state index contributed by atoms with van der Waals surface area (Å²) >= 11 is 0. The summed E-state index contributed by atoms with van der Waals surface area (Å²) in [5.74, 6) is 0.328. The van der Waals surface area contributed by atoms with Crippen LogP contribution in [0.4, 0.5) is 28.4 Å². The average Bonchev–Trinajstić information content (AvgIpc) is 3.87. The monoisotopic (exact) mass is 818 g/mol. The van der Waals surface area contributed by atoms with E-state index < -0.39 is 0 Å². The third-order valence-electron chi connectivity index (χ3n) is 13.2. The van der Waals surface area contributed by atoms with E-state index in [1.54, 1.807) is 0 Å². The molecule has 0 fully saturated rings. The molecule has 4 heteroatoms. The first-order chi connectivity index (χ1) is 30.7. The molecule has 11 aromatic rings. The third-order valence-corrected chi connectivity index (χ3v) is 13.2. The molecule has 11 rings (SSSR count). The highest BCUT2D eigenvalue weighted by Crippen LogP contribution is 2.48. The molecule has 0 atom stereocenters. The van der Waals surface area contributed by atoms with Crippen molar-refractivity contribution < 1.29 is 8.83 Å². The van der Waals surface area contributed by atoms with E-state index in [4.69, 9.17) is 8.83 Å². The summed E-state index contributed by atoms with van der Waals surface area (Å²) in [6, 6.07) is 55.5. The van der Waals surface area contributed by atoms with Crippen molar-refractivity contribution in [3.63, 3.8) is 0 Å². The SMILES string of the molecule is C/C=c1/ccc2c(N(c3ccc(C)cc3C)c3cccc4c3oc3c(C(C)C)cccc34)ccc3ccc(CN(c4ccc(C)cc4C)c4cccc5c4oc4ccccc45)c1c32. The van der Waals surface area contributed by atoms with Crippen molar-refractivity contribution in [2.75, 3.05) is 9.80 Å². The van der Waals surface area contributed by atoms with Crippen molar-refractivity contribution in [2.24, 2.45) is 0 Å². The summed E-state index contributed by atoms with van der Waals surface area (Å²) in [5, 5.41) is 10.6. The second kappa shape index (κ2) is 15.0. The number of furan rings is 2. The second-order valence-electron chi connectivity index (χ2n) is 17.7. The number of aryl methyl sites for hydroxylation is 4. The number of rotatable bonds is 8. The lowest BCUT2D eigenvalue weighted by Gasteiger charge is -2.30. The highest BCUT2D eigenvalue weighted by Gasteiger charge is 2.26. The molecule has 0 aliphatic rings. The van der Waals surface area contributed by atoms with Crippen LogP contribution in [0.2, 0.25) is 0 Å². The van der Waals surface area contributed by atoms with Crippen LogP contribution in [0.5, 0.6) is 0 Å². The van der Waals surface area contributed by atoms with E-state index in [0.717, 1.165) is 72.3 Å². The minimum Gasteiger partial charge on any atom is -0.454 e. The van der Waals surface area contributed by atoms with Gasteiger partial charge >= 0.3 is 0 Å². The molecule has 0 radical (unpaired) electrons. The maximum atomic E-state index is 7.03. The van der Waals surface area contributed by atoms with Crippen molar-refractivity contribution in [2.45, 2.75) is 60.9 Å². The molecule has 2 aromatic heterocycles. The maximum Gasteiger partial charge on any atom is 0.159 e. The van der Waals surface area contributed by atoms with E-state index >= 15 is 0 Å². The van der Waals surface area contributed by atoms with Crippen molar-refractivity contribution in [3.8, 4) is 0 Å². The van der Waals surface area contributed by atoms with Gasteiger partial charge in [0.1, 0.15) is 11.2 Å². The van der Waals surface area contributed by atoms with Gasteiger partial charge < -0.3 is 18.6 Å². The standard InChI is InChI=1S/C59H50N2O2/c1-8-40-26-28-48-51(61(50-30-23-37(5)33-39(50)7)53-20-13-18-47-46-16-11-15-43(35(2)3)57(46)63-59(47)53)31-27-41-24-25-42(55(40)56(41)48)34-60(49-29-22-36(4)32-38(49)6)52-19-12-17-45-44-14-9-10-21-54(44)62-58(45)52/h8-33,35H,34H2,1-7H3/b40-8-. The zero-order valence-corrected chi connectivity index (χ0v) is 37.0. The quantitative estimate of drug-likeness (QED) is 0.153. The Morgan fingerprint density at radius 1 is 0.492 bits per heavy atom. The summed E-state index contributed by atoms with van der Waals surface area (Å²) in [6.45, 7) is 16.0. The first-order valence-corrected chi connectivity index (χ1v) is 22.2. The Hall–Kier alpha value is -7.30. The van der Waals surface area contributed by atoms with Crippen molar-refractivity contribution in [3.05, 3.63) is 190 Å². The van der Waals surface area contributed by atoms with Gasteiger partial charge in [0.05, 0.1) is 17.1 Å². The number of anilines is 5. The molecular weight excluding hydrogens is 769 g/mol. The fraction of sp³-hybridized carbons (Fsp3) is 0.153. The molecule has 0 amide bonds. The Morgan fingerprint density at radius 3 is 1.84 bits per heavy atom. The normalized spacial score (nSPS) is 12.3. The van der Waals surface area contributed by atoms with Crippen LogP contribution in [0.25, 0.3) is 71.5 Å². The number of fused-ring (bicyclic) bond motifs is 6. The van der Waals surface area contributed by atoms with Crippen LogP contribution in [0.3, 0.4) is 0 Å². The van der Waals surface area contributed by atoms with Gasteiger partial charge in [0.25, 0.3) is 0 Å². The molecule has 0 bridgehead atoms. The zero-order chi connectivity index (χ0) is 43.1. The molecular formula is C59H50N2O2. The van der Waals surface area contributed by atoms with Gasteiger partial charge in [0, 0.05) is 44.9 Å². The largest absolute Gasteiger partial charge is 0.454 e. The summed E-state index contributed by atoms with van der Waals surface area (Å²) in [5.41, 5.74) is 16.4. The first-order valence-electron chi connectivity index (χ1n) is 22.2. The van der Waals surface area contributed by atoms with E-state index in [2.05, 4.69) is 210 Å². The maximum absolute atomic E-state index is 7.03.